The second-order valence-electron chi connectivity index (χ2n) is 9.21. The molecule has 3 aromatic carbocycles. The zero-order valence-corrected chi connectivity index (χ0v) is 19.7. The number of benzene rings is 3. The number of hydrogen-bond donors (Lipinski definition) is 0. The molecule has 2 atom stereocenters. The number of rotatable bonds is 8. The van der Waals surface area contributed by atoms with Crippen LogP contribution in [-0.2, 0) is 0 Å². The summed E-state index contributed by atoms with van der Waals surface area (Å²) in [6.07, 6.45) is 2.35. The van der Waals surface area contributed by atoms with Crippen LogP contribution >= 0.6 is 0 Å². The summed E-state index contributed by atoms with van der Waals surface area (Å²) < 4.78 is 0. The summed E-state index contributed by atoms with van der Waals surface area (Å²) in [6, 6.07) is 27.9. The molecule has 0 nitrogen and oxygen atoms in total. The van der Waals surface area contributed by atoms with Crippen LogP contribution in [-0.4, -0.2) is 0 Å². The molecule has 0 amide bonds. The van der Waals surface area contributed by atoms with Crippen molar-refractivity contribution in [1.29, 1.82) is 0 Å². The maximum Gasteiger partial charge on any atom is 0.0339 e. The highest BCUT2D eigenvalue weighted by Gasteiger charge is 2.18. The minimum atomic E-state index is 0.267. The lowest BCUT2D eigenvalue weighted by atomic mass is 9.82. The topological polar surface area (TPSA) is 0 Å². The molecule has 0 fully saturated rings. The van der Waals surface area contributed by atoms with Crippen molar-refractivity contribution in [2.24, 2.45) is 0 Å². The Morgan fingerprint density at radius 3 is 0.967 bits per heavy atom. The van der Waals surface area contributed by atoms with Crippen molar-refractivity contribution >= 4 is 0 Å². The monoisotopic (exact) mass is 398 g/mol. The molecule has 0 heterocycles. The Kier molecular flexibility index (Phi) is 7.53. The Hall–Kier alpha value is -2.34. The van der Waals surface area contributed by atoms with E-state index in [0.717, 1.165) is 0 Å². The molecule has 0 saturated carbocycles. The van der Waals surface area contributed by atoms with Gasteiger partial charge in [0.25, 0.3) is 0 Å². The fraction of sp³-hybridized carbons (Fsp3) is 0.400. The molecule has 0 saturated heterocycles. The lowest BCUT2D eigenvalue weighted by molar-refractivity contribution is 0.731. The molecule has 0 N–H and O–H groups in total. The molecule has 158 valence electrons. The Morgan fingerprint density at radius 1 is 0.433 bits per heavy atom. The average molecular weight is 399 g/mol. The van der Waals surface area contributed by atoms with E-state index in [9.17, 15) is 0 Å². The standard InChI is InChI=1S/C30H38/c1-7-22(5)25-11-17-28(18-12-25)30(27-15-9-24(10-16-27)21(3)4)29-19-13-26(14-20-29)23(6)8-2/h9-23,30H,7-8H2,1-6H3. The summed E-state index contributed by atoms with van der Waals surface area (Å²) in [7, 11) is 0. The summed E-state index contributed by atoms with van der Waals surface area (Å²) in [5.41, 5.74) is 8.37. The Labute approximate surface area is 184 Å². The van der Waals surface area contributed by atoms with Gasteiger partial charge in [0, 0.05) is 5.92 Å². The predicted molar refractivity (Wildman–Crippen MR) is 132 cm³/mol. The summed E-state index contributed by atoms with van der Waals surface area (Å²) in [4.78, 5) is 0. The van der Waals surface area contributed by atoms with Crippen LogP contribution in [0.4, 0.5) is 0 Å². The highest BCUT2D eigenvalue weighted by molar-refractivity contribution is 5.45. The van der Waals surface area contributed by atoms with Crippen molar-refractivity contribution < 1.29 is 0 Å². The largest absolute Gasteiger partial charge is 0.0648 e. The molecule has 0 radical (unpaired) electrons. The minimum absolute atomic E-state index is 0.267. The molecule has 0 aromatic heterocycles. The van der Waals surface area contributed by atoms with Gasteiger partial charge >= 0.3 is 0 Å². The van der Waals surface area contributed by atoms with Gasteiger partial charge in [-0.05, 0) is 64.0 Å². The molecule has 2 unspecified atom stereocenters. The van der Waals surface area contributed by atoms with Gasteiger partial charge in [-0.3, -0.25) is 0 Å². The van der Waals surface area contributed by atoms with Crippen LogP contribution in [0.3, 0.4) is 0 Å². The van der Waals surface area contributed by atoms with Gasteiger partial charge in [0.05, 0.1) is 0 Å². The Morgan fingerprint density at radius 2 is 0.700 bits per heavy atom. The van der Waals surface area contributed by atoms with Gasteiger partial charge in [-0.2, -0.15) is 0 Å². The van der Waals surface area contributed by atoms with E-state index in [4.69, 9.17) is 0 Å². The summed E-state index contributed by atoms with van der Waals surface area (Å²) in [6.45, 7) is 13.7. The molecule has 3 aromatic rings. The zero-order chi connectivity index (χ0) is 21.7. The third-order valence-electron chi connectivity index (χ3n) is 6.84. The van der Waals surface area contributed by atoms with Crippen molar-refractivity contribution in [1.82, 2.24) is 0 Å². The van der Waals surface area contributed by atoms with Crippen molar-refractivity contribution in [2.75, 3.05) is 0 Å². The minimum Gasteiger partial charge on any atom is -0.0648 e. The molecular weight excluding hydrogens is 360 g/mol. The molecule has 0 spiro atoms. The smallest absolute Gasteiger partial charge is 0.0339 e. The fourth-order valence-corrected chi connectivity index (χ4v) is 4.16. The second-order valence-corrected chi connectivity index (χ2v) is 9.21. The maximum absolute atomic E-state index is 2.34. The van der Waals surface area contributed by atoms with Crippen molar-refractivity contribution in [2.45, 2.75) is 78.1 Å². The van der Waals surface area contributed by atoms with Crippen LogP contribution in [0.25, 0.3) is 0 Å². The molecule has 0 aliphatic carbocycles. The van der Waals surface area contributed by atoms with Gasteiger partial charge in [0.2, 0.25) is 0 Å². The van der Waals surface area contributed by atoms with E-state index >= 15 is 0 Å². The van der Waals surface area contributed by atoms with Crippen molar-refractivity contribution in [3.63, 3.8) is 0 Å². The molecule has 3 rings (SSSR count). The molecule has 30 heavy (non-hydrogen) atoms. The van der Waals surface area contributed by atoms with E-state index in [0.29, 0.717) is 17.8 Å². The van der Waals surface area contributed by atoms with E-state index in [1.165, 1.54) is 46.2 Å². The van der Waals surface area contributed by atoms with E-state index < -0.39 is 0 Å². The van der Waals surface area contributed by atoms with Crippen LogP contribution in [0.5, 0.6) is 0 Å². The molecule has 0 aliphatic heterocycles. The Balaban J connectivity index is 2.02. The summed E-state index contributed by atoms with van der Waals surface area (Å²) in [5.74, 6) is 2.04. The van der Waals surface area contributed by atoms with E-state index in [1.807, 2.05) is 0 Å². The van der Waals surface area contributed by atoms with Crippen molar-refractivity contribution in [3.05, 3.63) is 106 Å². The highest BCUT2D eigenvalue weighted by atomic mass is 14.2. The third kappa shape index (κ3) is 5.04. The number of hydrogen-bond acceptors (Lipinski definition) is 0. The molecular formula is C30H38. The molecule has 0 bridgehead atoms. The van der Waals surface area contributed by atoms with Crippen LogP contribution in [0, 0.1) is 0 Å². The third-order valence-corrected chi connectivity index (χ3v) is 6.84. The lowest BCUT2D eigenvalue weighted by Crippen LogP contribution is -2.05. The first-order chi connectivity index (χ1) is 14.4. The first-order valence-electron chi connectivity index (χ1n) is 11.7. The van der Waals surface area contributed by atoms with Gasteiger partial charge in [-0.25, -0.2) is 0 Å². The average Bonchev–Trinajstić information content (AvgIpc) is 2.79. The highest BCUT2D eigenvalue weighted by Crippen LogP contribution is 2.34. The first kappa shape index (κ1) is 22.3. The predicted octanol–water partition coefficient (Wildman–Crippen LogP) is 9.02. The van der Waals surface area contributed by atoms with E-state index in [2.05, 4.69) is 114 Å². The van der Waals surface area contributed by atoms with Crippen molar-refractivity contribution in [3.8, 4) is 0 Å². The second kappa shape index (κ2) is 10.1. The van der Waals surface area contributed by atoms with Gasteiger partial charge in [-0.1, -0.05) is 114 Å². The molecule has 0 aliphatic rings. The fourth-order valence-electron chi connectivity index (χ4n) is 4.16. The lowest BCUT2D eigenvalue weighted by Gasteiger charge is -2.21. The van der Waals surface area contributed by atoms with E-state index in [-0.39, 0.29) is 5.92 Å². The normalized spacial score (nSPS) is 14.5. The maximum atomic E-state index is 2.34. The van der Waals surface area contributed by atoms with Crippen LogP contribution in [0.1, 0.15) is 111 Å². The van der Waals surface area contributed by atoms with Crippen LogP contribution in [0.2, 0.25) is 0 Å². The van der Waals surface area contributed by atoms with Gasteiger partial charge in [0.1, 0.15) is 0 Å². The van der Waals surface area contributed by atoms with Crippen LogP contribution < -0.4 is 0 Å². The van der Waals surface area contributed by atoms with Gasteiger partial charge in [0.15, 0.2) is 0 Å². The zero-order valence-electron chi connectivity index (χ0n) is 19.7. The Bertz CT molecular complexity index is 844. The summed E-state index contributed by atoms with van der Waals surface area (Å²) >= 11 is 0. The van der Waals surface area contributed by atoms with Gasteiger partial charge in [-0.15, -0.1) is 0 Å². The quantitative estimate of drug-likeness (QED) is 0.332. The first-order valence-corrected chi connectivity index (χ1v) is 11.7. The van der Waals surface area contributed by atoms with E-state index in [1.54, 1.807) is 0 Å². The van der Waals surface area contributed by atoms with Crippen LogP contribution in [0.15, 0.2) is 72.8 Å². The summed E-state index contributed by atoms with van der Waals surface area (Å²) in [5, 5.41) is 0. The molecule has 0 heteroatoms. The SMILES string of the molecule is CCC(C)c1ccc(C(c2ccc(C(C)C)cc2)c2ccc(C(C)CC)cc2)cc1. The van der Waals surface area contributed by atoms with Gasteiger partial charge < -0.3 is 0 Å².